The number of ketones is 2. The number of Topliss-reactive ketones (excluding diaryl/α,β-unsaturated/α-hetero) is 2. The lowest BCUT2D eigenvalue weighted by Gasteiger charge is -2.56. The van der Waals surface area contributed by atoms with Gasteiger partial charge in [-0.3, -0.25) is 44.0 Å². The zero-order chi connectivity index (χ0) is 43.4. The van der Waals surface area contributed by atoms with Crippen molar-refractivity contribution in [2.45, 2.75) is 14.4 Å². The Morgan fingerprint density at radius 3 is 1.71 bits per heavy atom. The molecule has 9 heterocycles. The third kappa shape index (κ3) is 12.1. The summed E-state index contributed by atoms with van der Waals surface area (Å²) in [5, 5.41) is 8.03. The van der Waals surface area contributed by atoms with E-state index in [1.807, 2.05) is 18.2 Å². The van der Waals surface area contributed by atoms with Gasteiger partial charge in [0.05, 0.1) is 85.4 Å². The van der Waals surface area contributed by atoms with Gasteiger partial charge in [0, 0.05) is 43.9 Å². The average Bonchev–Trinajstić information content (AvgIpc) is 3.71. The number of nitrogens with zero attached hydrogens (tertiary/aromatic N) is 9. The summed E-state index contributed by atoms with van der Waals surface area (Å²) < 4.78 is 29.4. The SMILES string of the molecule is C.C1N2CN3CN1CN(C2)C3.CC(=O)O.Fc1ccc(Cl)cc1-c1nc[nH]c1-c1ccc2ncc(Br)cc2n1.N.O=C(C(=O)c1cc(Cl)ccc1F)c1ccc2ncc(Br)cc2n1. The first-order valence-electron chi connectivity index (χ1n) is 18.2. The van der Waals surface area contributed by atoms with Crippen molar-refractivity contribution in [2.24, 2.45) is 0 Å². The number of carbonyl (C=O) groups excluding carboxylic acids is 2. The van der Waals surface area contributed by atoms with Crippen molar-refractivity contribution in [3.63, 3.8) is 0 Å². The van der Waals surface area contributed by atoms with Gasteiger partial charge in [-0.25, -0.2) is 23.7 Å². The van der Waals surface area contributed by atoms with Gasteiger partial charge in [0.1, 0.15) is 23.0 Å². The smallest absolute Gasteiger partial charge is 0.300 e. The van der Waals surface area contributed by atoms with Crippen LogP contribution < -0.4 is 6.15 Å². The number of imidazole rings is 1. The number of fused-ring (bicyclic) bond motifs is 2. The first-order valence-corrected chi connectivity index (χ1v) is 20.5. The molecule has 0 spiro atoms. The van der Waals surface area contributed by atoms with Crippen LogP contribution in [0.3, 0.4) is 0 Å². The summed E-state index contributed by atoms with van der Waals surface area (Å²) in [6.45, 7) is 8.21. The number of aromatic nitrogens is 6. The van der Waals surface area contributed by atoms with E-state index in [9.17, 15) is 18.4 Å². The van der Waals surface area contributed by atoms with Crippen LogP contribution in [-0.4, -0.2) is 112 Å². The average molecular weight is 1030 g/mol. The van der Waals surface area contributed by atoms with Crippen LogP contribution in [0.4, 0.5) is 8.78 Å². The molecule has 0 unspecified atom stereocenters. The van der Waals surface area contributed by atoms with Gasteiger partial charge >= 0.3 is 0 Å². The molecule has 4 bridgehead atoms. The van der Waals surface area contributed by atoms with Crippen molar-refractivity contribution in [2.75, 3.05) is 40.0 Å². The summed E-state index contributed by atoms with van der Waals surface area (Å²) in [6.07, 6.45) is 4.82. The third-order valence-corrected chi connectivity index (χ3v) is 10.4. The lowest BCUT2D eigenvalue weighted by atomic mass is 10.0. The summed E-state index contributed by atoms with van der Waals surface area (Å²) >= 11 is 18.4. The van der Waals surface area contributed by atoms with Crippen molar-refractivity contribution >= 4 is 94.7 Å². The number of hydrogen-bond donors (Lipinski definition) is 3. The molecule has 4 saturated heterocycles. The molecule has 21 heteroatoms. The molecule has 11 rings (SSSR count). The summed E-state index contributed by atoms with van der Waals surface area (Å²) in [7, 11) is 0. The molecule has 4 aliphatic rings. The van der Waals surface area contributed by atoms with E-state index in [1.165, 1.54) is 70.6 Å². The third-order valence-electron chi connectivity index (χ3n) is 9.10. The monoisotopic (exact) mass is 1030 g/mol. The molecule has 0 radical (unpaired) electrons. The first-order chi connectivity index (χ1) is 29.2. The van der Waals surface area contributed by atoms with Crippen molar-refractivity contribution in [1.82, 2.24) is 55.7 Å². The zero-order valence-electron chi connectivity index (χ0n) is 32.6. The van der Waals surface area contributed by atoms with E-state index in [0.717, 1.165) is 34.6 Å². The normalized spacial score (nSPS) is 17.7. The largest absolute Gasteiger partial charge is 0.481 e. The predicted molar refractivity (Wildman–Crippen MR) is 244 cm³/mol. The van der Waals surface area contributed by atoms with Crippen molar-refractivity contribution in [1.29, 1.82) is 0 Å². The molecule has 63 heavy (non-hydrogen) atoms. The number of carboxylic acid groups (broad SMARTS) is 1. The number of aromatic amines is 1. The molecule has 0 atom stereocenters. The summed E-state index contributed by atoms with van der Waals surface area (Å²) in [4.78, 5) is 67.8. The fourth-order valence-corrected chi connectivity index (χ4v) is 7.73. The van der Waals surface area contributed by atoms with Gasteiger partial charge in [0.15, 0.2) is 0 Å². The van der Waals surface area contributed by atoms with Gasteiger partial charge < -0.3 is 16.2 Å². The molecular formula is C42H39Br2Cl2F2N11O4. The van der Waals surface area contributed by atoms with Crippen LogP contribution in [0.1, 0.15) is 35.2 Å². The van der Waals surface area contributed by atoms with Gasteiger partial charge in [-0.1, -0.05) is 30.6 Å². The molecule has 5 N–H and O–H groups in total. The highest BCUT2D eigenvalue weighted by Gasteiger charge is 2.36. The Morgan fingerprint density at radius 2 is 1.16 bits per heavy atom. The molecule has 7 aromatic rings. The Bertz CT molecular complexity index is 2740. The van der Waals surface area contributed by atoms with Gasteiger partial charge in [0.2, 0.25) is 5.78 Å². The quantitative estimate of drug-likeness (QED) is 0.109. The minimum atomic E-state index is -1.00. The first kappa shape index (κ1) is 48.8. The molecule has 0 amide bonds. The number of halogens is 6. The molecule has 2 aromatic carbocycles. The minimum Gasteiger partial charge on any atom is -0.481 e. The van der Waals surface area contributed by atoms with Crippen LogP contribution in [0.2, 0.25) is 10.0 Å². The molecular weight excluding hydrogens is 991 g/mol. The Labute approximate surface area is 386 Å². The van der Waals surface area contributed by atoms with E-state index < -0.39 is 29.2 Å². The summed E-state index contributed by atoms with van der Waals surface area (Å²) in [5.41, 5.74) is 4.13. The molecule has 4 fully saturated rings. The Morgan fingerprint density at radius 1 is 0.667 bits per heavy atom. The van der Waals surface area contributed by atoms with Crippen LogP contribution >= 0.6 is 55.1 Å². The van der Waals surface area contributed by atoms with Crippen molar-refractivity contribution < 1.29 is 28.3 Å². The lowest BCUT2D eigenvalue weighted by molar-refractivity contribution is -0.194. The molecule has 0 saturated carbocycles. The number of aliphatic carboxylic acids is 1. The zero-order valence-corrected chi connectivity index (χ0v) is 37.3. The van der Waals surface area contributed by atoms with Crippen molar-refractivity contribution in [3.05, 3.63) is 133 Å². The molecule has 15 nitrogen and oxygen atoms in total. The van der Waals surface area contributed by atoms with Crippen molar-refractivity contribution in [3.8, 4) is 22.6 Å². The number of carbonyl (C=O) groups is 3. The van der Waals surface area contributed by atoms with Gasteiger partial charge in [-0.2, -0.15) is 0 Å². The van der Waals surface area contributed by atoms with Crippen LogP contribution in [0.15, 0.2) is 100 Å². The molecule has 328 valence electrons. The maximum absolute atomic E-state index is 14.2. The van der Waals surface area contributed by atoms with Gasteiger partial charge in [-0.05, 0) is 105 Å². The number of rotatable bonds is 5. The van der Waals surface area contributed by atoms with Crippen LogP contribution in [-0.2, 0) is 4.79 Å². The topological polar surface area (TPSA) is 200 Å². The van der Waals surface area contributed by atoms with E-state index in [1.54, 1.807) is 30.6 Å². The highest BCUT2D eigenvalue weighted by molar-refractivity contribution is 9.10. The second-order valence-corrected chi connectivity index (χ2v) is 16.6. The number of H-pyrrole nitrogens is 1. The number of pyridine rings is 4. The van der Waals surface area contributed by atoms with Crippen LogP contribution in [0, 0.1) is 11.6 Å². The van der Waals surface area contributed by atoms with E-state index in [4.69, 9.17) is 33.1 Å². The summed E-state index contributed by atoms with van der Waals surface area (Å²) in [6, 6.07) is 18.0. The highest BCUT2D eigenvalue weighted by atomic mass is 79.9. The van der Waals surface area contributed by atoms with Crippen LogP contribution in [0.25, 0.3) is 44.7 Å². The molecule has 0 aliphatic carbocycles. The molecule has 5 aromatic heterocycles. The second kappa shape index (κ2) is 21.4. The van der Waals surface area contributed by atoms with E-state index in [-0.39, 0.29) is 29.9 Å². The summed E-state index contributed by atoms with van der Waals surface area (Å²) in [5.74, 6) is -3.94. The van der Waals surface area contributed by atoms with Gasteiger partial charge in [-0.15, -0.1) is 0 Å². The fourth-order valence-electron chi connectivity index (χ4n) is 6.75. The highest BCUT2D eigenvalue weighted by Crippen LogP contribution is 2.32. The second-order valence-electron chi connectivity index (χ2n) is 13.9. The van der Waals surface area contributed by atoms with E-state index in [0.29, 0.717) is 43.2 Å². The van der Waals surface area contributed by atoms with E-state index >= 15 is 0 Å². The number of carboxylic acids is 1. The maximum Gasteiger partial charge on any atom is 0.300 e. The maximum atomic E-state index is 14.2. The minimum absolute atomic E-state index is 0. The number of nitrogens with one attached hydrogen (secondary N) is 1. The molecule has 4 aliphatic heterocycles. The lowest BCUT2D eigenvalue weighted by Crippen LogP contribution is -2.71. The Hall–Kier alpha value is -5.22. The Kier molecular flexibility index (Phi) is 16.6. The van der Waals surface area contributed by atoms with E-state index in [2.05, 4.69) is 81.4 Å². The standard InChI is InChI=1S/C17H9BrClFN4.C16H7BrClFN2O2.C6H12N4.C2H4O2.CH4.H3N/c18-9-5-15-13(21-7-9)3-4-14(24-15)17-16(22-8-23-17)11-6-10(19)1-2-12(11)20;17-8-5-14-12(20-7-8)3-4-13(21-14)16(23)15(22)10-6-9(18)1-2-11(10)19;1-7-2-9-4-8(1)5-10(3-7)6-9;1-2(3)4;;/h1-8H,(H,22,23);1-7H;1-6H2;1H3,(H,3,4);1H4;1H3. The predicted octanol–water partition coefficient (Wildman–Crippen LogP) is 9.36. The number of benzene rings is 2. The fraction of sp³-hybridized carbons (Fsp3) is 0.190. The number of hydrogen-bond acceptors (Lipinski definition) is 13. The van der Waals surface area contributed by atoms with Gasteiger partial charge in [0.25, 0.3) is 11.8 Å². The Balaban J connectivity index is 0.000000178. The van der Waals surface area contributed by atoms with Crippen LogP contribution in [0.5, 0.6) is 0 Å².